The lowest BCUT2D eigenvalue weighted by atomic mass is 9.95. The molecule has 0 spiro atoms. The van der Waals surface area contributed by atoms with Gasteiger partial charge in [-0.05, 0) is 35.2 Å². The third kappa shape index (κ3) is 4.34. The molecular formula is C16H20ClNS. The molecule has 1 aromatic heterocycles. The van der Waals surface area contributed by atoms with Crippen molar-refractivity contribution >= 4 is 22.9 Å². The van der Waals surface area contributed by atoms with Crippen molar-refractivity contribution < 1.29 is 0 Å². The lowest BCUT2D eigenvalue weighted by Gasteiger charge is -2.15. The first-order valence-corrected chi connectivity index (χ1v) is 7.69. The number of thiophene rings is 1. The summed E-state index contributed by atoms with van der Waals surface area (Å²) < 4.78 is 0. The fourth-order valence-corrected chi connectivity index (χ4v) is 3.10. The molecule has 0 radical (unpaired) electrons. The van der Waals surface area contributed by atoms with Crippen LogP contribution in [0.1, 0.15) is 36.1 Å². The normalized spacial score (nSPS) is 11.8. The monoisotopic (exact) mass is 293 g/mol. The van der Waals surface area contributed by atoms with Crippen molar-refractivity contribution in [1.29, 1.82) is 0 Å². The lowest BCUT2D eigenvalue weighted by molar-refractivity contribution is 0.604. The van der Waals surface area contributed by atoms with E-state index < -0.39 is 0 Å². The summed E-state index contributed by atoms with van der Waals surface area (Å²) in [5, 5.41) is 4.26. The number of benzene rings is 1. The van der Waals surface area contributed by atoms with E-state index in [1.165, 1.54) is 15.3 Å². The van der Waals surface area contributed by atoms with E-state index in [9.17, 15) is 0 Å². The second-order valence-corrected chi connectivity index (χ2v) is 7.35. The molecule has 1 heterocycles. The zero-order valence-electron chi connectivity index (χ0n) is 11.7. The molecule has 0 saturated heterocycles. The van der Waals surface area contributed by atoms with Crippen LogP contribution in [0, 0.1) is 0 Å². The van der Waals surface area contributed by atoms with Crippen molar-refractivity contribution in [2.45, 2.75) is 39.3 Å². The van der Waals surface area contributed by atoms with Gasteiger partial charge in [0.25, 0.3) is 0 Å². The first kappa shape index (κ1) is 14.6. The lowest BCUT2D eigenvalue weighted by Crippen LogP contribution is -2.11. The Hall–Kier alpha value is -0.830. The quantitative estimate of drug-likeness (QED) is 0.837. The second kappa shape index (κ2) is 6.08. The van der Waals surface area contributed by atoms with E-state index in [-0.39, 0.29) is 5.41 Å². The van der Waals surface area contributed by atoms with Crippen LogP contribution in [0.5, 0.6) is 0 Å². The highest BCUT2D eigenvalue weighted by Gasteiger charge is 2.15. The van der Waals surface area contributed by atoms with E-state index >= 15 is 0 Å². The van der Waals surface area contributed by atoms with E-state index in [1.807, 2.05) is 29.5 Å². The average molecular weight is 294 g/mol. The summed E-state index contributed by atoms with van der Waals surface area (Å²) in [7, 11) is 0. The highest BCUT2D eigenvalue weighted by atomic mass is 35.5. The van der Waals surface area contributed by atoms with E-state index in [2.05, 4.69) is 44.3 Å². The van der Waals surface area contributed by atoms with Gasteiger partial charge < -0.3 is 5.32 Å². The molecule has 1 N–H and O–H groups in total. The summed E-state index contributed by atoms with van der Waals surface area (Å²) in [5.74, 6) is 0. The predicted molar refractivity (Wildman–Crippen MR) is 85.0 cm³/mol. The zero-order valence-corrected chi connectivity index (χ0v) is 13.2. The van der Waals surface area contributed by atoms with E-state index in [1.54, 1.807) is 0 Å². The van der Waals surface area contributed by atoms with Crippen LogP contribution >= 0.6 is 22.9 Å². The Labute approximate surface area is 124 Å². The minimum Gasteiger partial charge on any atom is -0.308 e. The summed E-state index contributed by atoms with van der Waals surface area (Å²) in [5.41, 5.74) is 1.47. The van der Waals surface area contributed by atoms with E-state index in [4.69, 9.17) is 11.6 Å². The third-order valence-corrected chi connectivity index (χ3v) is 4.66. The Morgan fingerprint density at radius 3 is 2.53 bits per heavy atom. The predicted octanol–water partition coefficient (Wildman–Crippen LogP) is 4.99. The number of hydrogen-bond donors (Lipinski definition) is 1. The van der Waals surface area contributed by atoms with Gasteiger partial charge in [-0.25, -0.2) is 0 Å². The molecule has 1 aromatic carbocycles. The Kier molecular flexibility index (Phi) is 4.67. The van der Waals surface area contributed by atoms with Crippen LogP contribution in [0.25, 0.3) is 0 Å². The molecule has 0 aliphatic heterocycles. The smallest absolute Gasteiger partial charge is 0.0409 e. The molecule has 102 valence electrons. The van der Waals surface area contributed by atoms with Crippen molar-refractivity contribution in [1.82, 2.24) is 5.32 Å². The van der Waals surface area contributed by atoms with Crippen LogP contribution in [0.15, 0.2) is 36.4 Å². The summed E-state index contributed by atoms with van der Waals surface area (Å²) in [6, 6.07) is 12.4. The summed E-state index contributed by atoms with van der Waals surface area (Å²) in [6.07, 6.45) is 0. The van der Waals surface area contributed by atoms with Gasteiger partial charge in [0.05, 0.1) is 0 Å². The van der Waals surface area contributed by atoms with Crippen molar-refractivity contribution in [3.63, 3.8) is 0 Å². The maximum atomic E-state index is 5.97. The average Bonchev–Trinajstić information content (AvgIpc) is 2.77. The third-order valence-electron chi connectivity index (χ3n) is 2.92. The molecule has 0 fully saturated rings. The first-order chi connectivity index (χ1) is 8.95. The molecule has 0 aliphatic rings. The fraction of sp³-hybridized carbons (Fsp3) is 0.375. The van der Waals surface area contributed by atoms with Gasteiger partial charge in [0.15, 0.2) is 0 Å². The number of halogens is 1. The van der Waals surface area contributed by atoms with Crippen molar-refractivity contribution in [3.8, 4) is 0 Å². The Bertz CT molecular complexity index is 540. The molecule has 0 atom stereocenters. The van der Waals surface area contributed by atoms with Gasteiger partial charge in [-0.3, -0.25) is 0 Å². The van der Waals surface area contributed by atoms with Crippen molar-refractivity contribution in [2.75, 3.05) is 0 Å². The fourth-order valence-electron chi connectivity index (χ4n) is 1.85. The van der Waals surface area contributed by atoms with Crippen molar-refractivity contribution in [3.05, 3.63) is 56.7 Å². The van der Waals surface area contributed by atoms with Crippen LogP contribution in [0.4, 0.5) is 0 Å². The topological polar surface area (TPSA) is 12.0 Å². The molecule has 3 heteroatoms. The first-order valence-electron chi connectivity index (χ1n) is 6.49. The SMILES string of the molecule is CC(C)(C)c1ccc(CNCc2cccc(Cl)c2)s1. The van der Waals surface area contributed by atoms with Gasteiger partial charge >= 0.3 is 0 Å². The van der Waals surface area contributed by atoms with Gasteiger partial charge in [-0.1, -0.05) is 44.5 Å². The second-order valence-electron chi connectivity index (χ2n) is 5.75. The maximum absolute atomic E-state index is 5.97. The summed E-state index contributed by atoms with van der Waals surface area (Å²) >= 11 is 7.86. The minimum atomic E-state index is 0.246. The molecule has 0 aliphatic carbocycles. The van der Waals surface area contributed by atoms with E-state index in [0.717, 1.165) is 18.1 Å². The Balaban J connectivity index is 1.88. The highest BCUT2D eigenvalue weighted by Crippen LogP contribution is 2.29. The van der Waals surface area contributed by atoms with Crippen LogP contribution < -0.4 is 5.32 Å². The molecule has 2 rings (SSSR count). The molecule has 19 heavy (non-hydrogen) atoms. The molecule has 1 nitrogen and oxygen atoms in total. The zero-order chi connectivity index (χ0) is 13.9. The van der Waals surface area contributed by atoms with Gasteiger partial charge in [-0.2, -0.15) is 0 Å². The number of rotatable bonds is 4. The van der Waals surface area contributed by atoms with Crippen LogP contribution in [-0.4, -0.2) is 0 Å². The van der Waals surface area contributed by atoms with Gasteiger partial charge in [0.2, 0.25) is 0 Å². The van der Waals surface area contributed by atoms with Crippen LogP contribution in [-0.2, 0) is 18.5 Å². The Morgan fingerprint density at radius 1 is 1.11 bits per heavy atom. The van der Waals surface area contributed by atoms with Gasteiger partial charge in [0, 0.05) is 27.9 Å². The summed E-state index contributed by atoms with van der Waals surface area (Å²) in [4.78, 5) is 2.82. The molecular weight excluding hydrogens is 274 g/mol. The van der Waals surface area contributed by atoms with E-state index in [0.29, 0.717) is 0 Å². The molecule has 0 bridgehead atoms. The minimum absolute atomic E-state index is 0.246. The largest absolute Gasteiger partial charge is 0.308 e. The number of nitrogens with one attached hydrogen (secondary N) is 1. The van der Waals surface area contributed by atoms with Crippen LogP contribution in [0.3, 0.4) is 0 Å². The standard InChI is InChI=1S/C16H20ClNS/c1-16(2,3)15-8-7-14(19-15)11-18-10-12-5-4-6-13(17)9-12/h4-9,18H,10-11H2,1-3H3. The molecule has 0 unspecified atom stereocenters. The van der Waals surface area contributed by atoms with Crippen LogP contribution in [0.2, 0.25) is 5.02 Å². The molecule has 0 saturated carbocycles. The van der Waals surface area contributed by atoms with Crippen molar-refractivity contribution in [2.24, 2.45) is 0 Å². The molecule has 2 aromatic rings. The van der Waals surface area contributed by atoms with Gasteiger partial charge in [0.1, 0.15) is 0 Å². The highest BCUT2D eigenvalue weighted by molar-refractivity contribution is 7.12. The molecule has 0 amide bonds. The Morgan fingerprint density at radius 2 is 1.89 bits per heavy atom. The summed E-state index contributed by atoms with van der Waals surface area (Å²) in [6.45, 7) is 8.52. The maximum Gasteiger partial charge on any atom is 0.0409 e. The number of hydrogen-bond acceptors (Lipinski definition) is 2. The van der Waals surface area contributed by atoms with Gasteiger partial charge in [-0.15, -0.1) is 11.3 Å².